The van der Waals surface area contributed by atoms with Crippen molar-refractivity contribution in [1.82, 2.24) is 9.78 Å². The minimum Gasteiger partial charge on any atom is -0.492 e. The molecule has 1 N–H and O–H groups in total. The lowest BCUT2D eigenvalue weighted by atomic mass is 10.2. The monoisotopic (exact) mass is 359 g/mol. The molecule has 0 aliphatic heterocycles. The first kappa shape index (κ1) is 19.0. The van der Waals surface area contributed by atoms with Crippen molar-refractivity contribution in [3.05, 3.63) is 54.0 Å². The number of carbonyl (C=O) groups excluding carboxylic acids is 2. The summed E-state index contributed by atoms with van der Waals surface area (Å²) in [5.74, 6) is -0.659. The molecule has 0 aliphatic rings. The predicted molar refractivity (Wildman–Crippen MR) is 94.6 cm³/mol. The van der Waals surface area contributed by atoms with E-state index in [0.717, 1.165) is 11.8 Å². The van der Waals surface area contributed by atoms with E-state index >= 15 is 0 Å². The Morgan fingerprint density at radius 3 is 2.46 bits per heavy atom. The van der Waals surface area contributed by atoms with Gasteiger partial charge < -0.3 is 19.5 Å². The van der Waals surface area contributed by atoms with Crippen LogP contribution < -0.4 is 10.1 Å². The zero-order chi connectivity index (χ0) is 18.9. The van der Waals surface area contributed by atoms with Gasteiger partial charge in [-0.3, -0.25) is 4.68 Å². The van der Waals surface area contributed by atoms with E-state index < -0.39 is 11.9 Å². The fourth-order valence-corrected chi connectivity index (χ4v) is 2.07. The Hall–Kier alpha value is -3.29. The molecule has 0 radical (unpaired) electrons. The molecule has 0 atom stereocenters. The fourth-order valence-electron chi connectivity index (χ4n) is 2.07. The van der Waals surface area contributed by atoms with Gasteiger partial charge in [-0.25, -0.2) is 9.59 Å². The summed E-state index contributed by atoms with van der Waals surface area (Å²) in [4.78, 5) is 23.1. The maximum absolute atomic E-state index is 11.7. The number of ether oxygens (including phenoxy) is 3. The minimum atomic E-state index is -0.676. The van der Waals surface area contributed by atoms with Crippen LogP contribution in [0.1, 0.15) is 5.69 Å². The molecule has 0 spiro atoms. The predicted octanol–water partition coefficient (Wildman–Crippen LogP) is 1.91. The van der Waals surface area contributed by atoms with Crippen molar-refractivity contribution in [1.29, 1.82) is 0 Å². The Kier molecular flexibility index (Phi) is 6.78. The van der Waals surface area contributed by atoms with E-state index in [1.165, 1.54) is 14.2 Å². The second-order valence-electron chi connectivity index (χ2n) is 5.29. The van der Waals surface area contributed by atoms with Crippen LogP contribution in [0.3, 0.4) is 0 Å². The van der Waals surface area contributed by atoms with Crippen LogP contribution in [0.15, 0.2) is 48.3 Å². The summed E-state index contributed by atoms with van der Waals surface area (Å²) in [5, 5.41) is 7.11. The number of nitrogens with one attached hydrogen (secondary N) is 1. The van der Waals surface area contributed by atoms with Crippen LogP contribution in [0, 0.1) is 6.92 Å². The number of esters is 2. The number of carbonyl (C=O) groups is 2. The van der Waals surface area contributed by atoms with Crippen molar-refractivity contribution >= 4 is 17.6 Å². The van der Waals surface area contributed by atoms with Gasteiger partial charge in [0.05, 0.1) is 32.5 Å². The van der Waals surface area contributed by atoms with Crippen LogP contribution in [0.4, 0.5) is 5.69 Å². The Bertz CT molecular complexity index is 780. The van der Waals surface area contributed by atoms with Crippen molar-refractivity contribution in [3.63, 3.8) is 0 Å². The van der Waals surface area contributed by atoms with E-state index in [2.05, 4.69) is 19.9 Å². The molecule has 26 heavy (non-hydrogen) atoms. The minimum absolute atomic E-state index is 0.0259. The van der Waals surface area contributed by atoms with Gasteiger partial charge in [0.1, 0.15) is 18.1 Å². The first-order valence-corrected chi connectivity index (χ1v) is 7.89. The second-order valence-corrected chi connectivity index (χ2v) is 5.29. The molecule has 0 saturated carbocycles. The van der Waals surface area contributed by atoms with Crippen molar-refractivity contribution in [2.24, 2.45) is 0 Å². The highest BCUT2D eigenvalue weighted by molar-refractivity contribution is 5.98. The first-order chi connectivity index (χ1) is 12.5. The first-order valence-electron chi connectivity index (χ1n) is 7.89. The second kappa shape index (κ2) is 9.26. The molecule has 2 aromatic rings. The van der Waals surface area contributed by atoms with Gasteiger partial charge in [0.15, 0.2) is 0 Å². The van der Waals surface area contributed by atoms with Gasteiger partial charge in [-0.2, -0.15) is 5.10 Å². The number of benzene rings is 1. The third-order valence-corrected chi connectivity index (χ3v) is 3.37. The summed E-state index contributed by atoms with van der Waals surface area (Å²) in [7, 11) is 2.46. The Balaban J connectivity index is 1.93. The van der Waals surface area contributed by atoms with Gasteiger partial charge in [-0.15, -0.1) is 0 Å². The summed E-state index contributed by atoms with van der Waals surface area (Å²) in [5.41, 5.74) is 1.53. The van der Waals surface area contributed by atoms with E-state index in [9.17, 15) is 9.59 Å². The lowest BCUT2D eigenvalue weighted by Gasteiger charge is -2.10. The number of hydrogen-bond acceptors (Lipinski definition) is 7. The van der Waals surface area contributed by atoms with E-state index in [-0.39, 0.29) is 5.70 Å². The van der Waals surface area contributed by atoms with E-state index in [4.69, 9.17) is 4.74 Å². The fraction of sp³-hybridized carbons (Fsp3) is 0.278. The number of hydrogen-bond donors (Lipinski definition) is 1. The van der Waals surface area contributed by atoms with E-state index in [0.29, 0.717) is 24.6 Å². The van der Waals surface area contributed by atoms with Gasteiger partial charge in [0, 0.05) is 11.9 Å². The third kappa shape index (κ3) is 5.66. The molecule has 0 aliphatic carbocycles. The number of aromatic nitrogens is 2. The van der Waals surface area contributed by atoms with Crippen LogP contribution in [0.2, 0.25) is 0 Å². The molecular formula is C18H21N3O5. The number of aryl methyl sites for hydroxylation is 1. The van der Waals surface area contributed by atoms with Gasteiger partial charge >= 0.3 is 11.9 Å². The zero-order valence-electron chi connectivity index (χ0n) is 14.9. The number of rotatable bonds is 8. The van der Waals surface area contributed by atoms with Gasteiger partial charge in [-0.1, -0.05) is 0 Å². The Labute approximate surface area is 151 Å². The normalized spacial score (nSPS) is 11.0. The van der Waals surface area contributed by atoms with Crippen LogP contribution in [-0.4, -0.2) is 42.5 Å². The average molecular weight is 359 g/mol. The molecule has 8 nitrogen and oxygen atoms in total. The van der Waals surface area contributed by atoms with Crippen LogP contribution in [0.5, 0.6) is 5.75 Å². The van der Waals surface area contributed by atoms with Crippen molar-refractivity contribution < 1.29 is 23.8 Å². The maximum Gasteiger partial charge on any atom is 0.354 e. The molecule has 1 heterocycles. The molecule has 0 bridgehead atoms. The molecule has 2 rings (SSSR count). The molecule has 1 aromatic carbocycles. The van der Waals surface area contributed by atoms with Crippen LogP contribution in [-0.2, 0) is 25.6 Å². The van der Waals surface area contributed by atoms with Crippen molar-refractivity contribution in [2.75, 3.05) is 26.1 Å². The largest absolute Gasteiger partial charge is 0.492 e. The Morgan fingerprint density at radius 1 is 1.15 bits per heavy atom. The van der Waals surface area contributed by atoms with E-state index in [1.807, 2.05) is 23.9 Å². The molecule has 138 valence electrons. The molecule has 0 amide bonds. The summed E-state index contributed by atoms with van der Waals surface area (Å²) >= 11 is 0. The molecular weight excluding hydrogens is 338 g/mol. The number of methoxy groups -OCH3 is 2. The van der Waals surface area contributed by atoms with Gasteiger partial charge in [-0.05, 0) is 37.3 Å². The molecule has 0 unspecified atom stereocenters. The van der Waals surface area contributed by atoms with Gasteiger partial charge in [0.2, 0.25) is 0 Å². The topological polar surface area (TPSA) is 91.7 Å². The highest BCUT2D eigenvalue weighted by Gasteiger charge is 2.12. The molecule has 0 fully saturated rings. The lowest BCUT2D eigenvalue weighted by Crippen LogP contribution is -2.15. The summed E-state index contributed by atoms with van der Waals surface area (Å²) in [6.07, 6.45) is 2.93. The third-order valence-electron chi connectivity index (χ3n) is 3.37. The summed E-state index contributed by atoms with van der Waals surface area (Å²) in [6, 6.07) is 8.89. The molecule has 1 aromatic heterocycles. The molecule has 8 heteroatoms. The highest BCUT2D eigenvalue weighted by atomic mass is 16.5. The maximum atomic E-state index is 11.7. The zero-order valence-corrected chi connectivity index (χ0v) is 14.9. The van der Waals surface area contributed by atoms with Gasteiger partial charge in [0.25, 0.3) is 0 Å². The standard InChI is InChI=1S/C18H21N3O5/c1-13-8-9-21(20-13)10-11-26-15-6-4-14(5-7-15)19-16(18(23)25-3)12-17(22)24-2/h4-9,12,19H,10-11H2,1-3H3/b16-12+. The van der Waals surface area contributed by atoms with Crippen LogP contribution >= 0.6 is 0 Å². The average Bonchev–Trinajstić information content (AvgIpc) is 3.06. The summed E-state index contributed by atoms with van der Waals surface area (Å²) < 4.78 is 16.6. The molecule has 0 saturated heterocycles. The summed E-state index contributed by atoms with van der Waals surface area (Å²) in [6.45, 7) is 3.05. The Morgan fingerprint density at radius 2 is 1.88 bits per heavy atom. The van der Waals surface area contributed by atoms with Crippen molar-refractivity contribution in [2.45, 2.75) is 13.5 Å². The van der Waals surface area contributed by atoms with Crippen molar-refractivity contribution in [3.8, 4) is 5.75 Å². The van der Waals surface area contributed by atoms with Crippen LogP contribution in [0.25, 0.3) is 0 Å². The lowest BCUT2D eigenvalue weighted by molar-refractivity contribution is -0.138. The van der Waals surface area contributed by atoms with E-state index in [1.54, 1.807) is 24.3 Å². The number of nitrogens with zero attached hydrogens (tertiary/aromatic N) is 2. The quantitative estimate of drug-likeness (QED) is 0.568. The highest BCUT2D eigenvalue weighted by Crippen LogP contribution is 2.17. The smallest absolute Gasteiger partial charge is 0.354 e. The SMILES string of the molecule is COC(=O)/C=C(/Nc1ccc(OCCn2ccc(C)n2)cc1)C(=O)OC. The number of anilines is 1.